The van der Waals surface area contributed by atoms with Crippen LogP contribution in [0.5, 0.6) is 0 Å². The molecule has 3 heterocycles. The molecule has 0 aliphatic rings. The van der Waals surface area contributed by atoms with Gasteiger partial charge in [-0.3, -0.25) is 0 Å². The molecule has 19 heavy (non-hydrogen) atoms. The van der Waals surface area contributed by atoms with Crippen LogP contribution in [0.2, 0.25) is 0 Å². The van der Waals surface area contributed by atoms with E-state index >= 15 is 0 Å². The Balaban J connectivity index is 2.19. The standard InChI is InChI=1S/C12H9N3O3S/c1-15-6-13-5-7(15)10-9(12(16)17)14-11(18-10)8-3-2-4-19-8/h2-6H,1H3,(H,16,17). The van der Waals surface area contributed by atoms with Crippen molar-refractivity contribution < 1.29 is 14.3 Å². The number of carboxylic acid groups (broad SMARTS) is 1. The molecule has 1 N–H and O–H groups in total. The highest BCUT2D eigenvalue weighted by Gasteiger charge is 2.23. The van der Waals surface area contributed by atoms with Crippen molar-refractivity contribution in [2.24, 2.45) is 7.05 Å². The van der Waals surface area contributed by atoms with Crippen LogP contribution >= 0.6 is 11.3 Å². The number of thiophene rings is 1. The third-order valence-electron chi connectivity index (χ3n) is 2.61. The lowest BCUT2D eigenvalue weighted by Crippen LogP contribution is -2.00. The fraction of sp³-hybridized carbons (Fsp3) is 0.0833. The lowest BCUT2D eigenvalue weighted by atomic mass is 10.3. The summed E-state index contributed by atoms with van der Waals surface area (Å²) in [6.45, 7) is 0. The quantitative estimate of drug-likeness (QED) is 0.794. The first-order chi connectivity index (χ1) is 9.16. The van der Waals surface area contributed by atoms with Gasteiger partial charge in [0.2, 0.25) is 5.89 Å². The molecule has 0 unspecified atom stereocenters. The molecule has 3 rings (SSSR count). The van der Waals surface area contributed by atoms with Crippen molar-refractivity contribution in [1.29, 1.82) is 0 Å². The number of hydrogen-bond donors (Lipinski definition) is 1. The number of aromatic nitrogens is 3. The van der Waals surface area contributed by atoms with Crippen LogP contribution in [0.1, 0.15) is 10.5 Å². The molecule has 0 saturated heterocycles. The fourth-order valence-electron chi connectivity index (χ4n) is 1.72. The molecule has 0 aliphatic heterocycles. The molecule has 0 saturated carbocycles. The van der Waals surface area contributed by atoms with Gasteiger partial charge >= 0.3 is 5.97 Å². The molecule has 0 bridgehead atoms. The van der Waals surface area contributed by atoms with Gasteiger partial charge in [-0.1, -0.05) is 6.07 Å². The number of oxazole rings is 1. The highest BCUT2D eigenvalue weighted by atomic mass is 32.1. The Labute approximate surface area is 112 Å². The van der Waals surface area contributed by atoms with Crippen molar-refractivity contribution in [3.63, 3.8) is 0 Å². The number of hydrogen-bond acceptors (Lipinski definition) is 5. The molecular formula is C12H9N3O3S. The number of imidazole rings is 1. The Kier molecular flexibility index (Phi) is 2.68. The van der Waals surface area contributed by atoms with Crippen molar-refractivity contribution in [1.82, 2.24) is 14.5 Å². The molecule has 0 atom stereocenters. The first kappa shape index (κ1) is 11.7. The van der Waals surface area contributed by atoms with Crippen LogP contribution in [0.3, 0.4) is 0 Å². The van der Waals surface area contributed by atoms with Crippen LogP contribution in [0.15, 0.2) is 34.5 Å². The van der Waals surface area contributed by atoms with E-state index in [1.807, 2.05) is 17.5 Å². The number of aryl methyl sites for hydroxylation is 1. The third kappa shape index (κ3) is 1.93. The maximum Gasteiger partial charge on any atom is 0.358 e. The molecular weight excluding hydrogens is 266 g/mol. The van der Waals surface area contributed by atoms with Gasteiger partial charge < -0.3 is 14.1 Å². The van der Waals surface area contributed by atoms with Gasteiger partial charge in [-0.25, -0.2) is 14.8 Å². The van der Waals surface area contributed by atoms with Crippen LogP contribution in [0.25, 0.3) is 22.2 Å². The smallest absolute Gasteiger partial charge is 0.358 e. The van der Waals surface area contributed by atoms with E-state index in [9.17, 15) is 9.90 Å². The summed E-state index contributed by atoms with van der Waals surface area (Å²) in [5.74, 6) is -0.595. The minimum atomic E-state index is -1.12. The molecule has 3 aromatic heterocycles. The molecule has 96 valence electrons. The van der Waals surface area contributed by atoms with Gasteiger partial charge in [0.15, 0.2) is 11.5 Å². The summed E-state index contributed by atoms with van der Waals surface area (Å²) in [4.78, 5) is 20.1. The largest absolute Gasteiger partial charge is 0.476 e. The second-order valence-corrected chi connectivity index (χ2v) is 4.82. The zero-order valence-corrected chi connectivity index (χ0v) is 10.7. The van der Waals surface area contributed by atoms with E-state index in [-0.39, 0.29) is 11.5 Å². The Morgan fingerprint density at radius 1 is 1.53 bits per heavy atom. The van der Waals surface area contributed by atoms with Gasteiger partial charge in [0.25, 0.3) is 0 Å². The molecule has 6 nitrogen and oxygen atoms in total. The van der Waals surface area contributed by atoms with Crippen molar-refractivity contribution in [2.75, 3.05) is 0 Å². The summed E-state index contributed by atoms with van der Waals surface area (Å²) in [5.41, 5.74) is 0.472. The normalized spacial score (nSPS) is 10.8. The third-order valence-corrected chi connectivity index (χ3v) is 3.47. The number of rotatable bonds is 3. The second-order valence-electron chi connectivity index (χ2n) is 3.87. The van der Waals surface area contributed by atoms with E-state index in [4.69, 9.17) is 4.42 Å². The summed E-state index contributed by atoms with van der Waals surface area (Å²) >= 11 is 1.44. The maximum atomic E-state index is 11.3. The first-order valence-electron chi connectivity index (χ1n) is 5.41. The monoisotopic (exact) mass is 275 g/mol. The Morgan fingerprint density at radius 2 is 2.37 bits per heavy atom. The summed E-state index contributed by atoms with van der Waals surface area (Å²) in [6.07, 6.45) is 3.12. The SMILES string of the molecule is Cn1cncc1-c1oc(-c2cccs2)nc1C(=O)O. The van der Waals surface area contributed by atoms with Crippen molar-refractivity contribution >= 4 is 17.3 Å². The second kappa shape index (κ2) is 4.36. The predicted molar refractivity (Wildman–Crippen MR) is 69.0 cm³/mol. The fourth-order valence-corrected chi connectivity index (χ4v) is 2.37. The summed E-state index contributed by atoms with van der Waals surface area (Å²) in [6, 6.07) is 3.68. The molecule has 0 radical (unpaired) electrons. The topological polar surface area (TPSA) is 81.2 Å². The molecule has 0 amide bonds. The minimum absolute atomic E-state index is 0.105. The van der Waals surface area contributed by atoms with Crippen molar-refractivity contribution in [3.05, 3.63) is 35.7 Å². The average molecular weight is 275 g/mol. The first-order valence-corrected chi connectivity index (χ1v) is 6.29. The number of carboxylic acids is 1. The summed E-state index contributed by atoms with van der Waals surface area (Å²) in [7, 11) is 1.77. The Bertz CT molecular complexity index is 727. The maximum absolute atomic E-state index is 11.3. The van der Waals surface area contributed by atoms with E-state index in [2.05, 4.69) is 9.97 Å². The summed E-state index contributed by atoms with van der Waals surface area (Å²) < 4.78 is 7.29. The number of carbonyl (C=O) groups is 1. The lowest BCUT2D eigenvalue weighted by Gasteiger charge is -1.97. The van der Waals surface area contributed by atoms with Crippen LogP contribution in [-0.4, -0.2) is 25.6 Å². The zero-order chi connectivity index (χ0) is 13.4. The van der Waals surface area contributed by atoms with E-state index in [1.165, 1.54) is 11.3 Å². The van der Waals surface area contributed by atoms with Gasteiger partial charge in [-0.05, 0) is 11.4 Å². The number of aromatic carboxylic acids is 1. The van der Waals surface area contributed by atoms with E-state index in [0.717, 1.165) is 4.88 Å². The van der Waals surface area contributed by atoms with Crippen LogP contribution in [0, 0.1) is 0 Å². The molecule has 7 heteroatoms. The van der Waals surface area contributed by atoms with E-state index in [1.54, 1.807) is 24.1 Å². The highest BCUT2D eigenvalue weighted by Crippen LogP contribution is 2.31. The van der Waals surface area contributed by atoms with Gasteiger partial charge in [0.1, 0.15) is 5.69 Å². The van der Waals surface area contributed by atoms with Gasteiger partial charge in [0, 0.05) is 7.05 Å². The molecule has 0 spiro atoms. The van der Waals surface area contributed by atoms with Crippen LogP contribution < -0.4 is 0 Å². The van der Waals surface area contributed by atoms with Gasteiger partial charge in [0.05, 0.1) is 17.4 Å². The predicted octanol–water partition coefficient (Wildman–Crippen LogP) is 2.50. The van der Waals surface area contributed by atoms with E-state index < -0.39 is 5.97 Å². The highest BCUT2D eigenvalue weighted by molar-refractivity contribution is 7.13. The molecule has 0 aliphatic carbocycles. The molecule has 0 fully saturated rings. The van der Waals surface area contributed by atoms with Gasteiger partial charge in [-0.2, -0.15) is 0 Å². The molecule has 0 aromatic carbocycles. The summed E-state index contributed by atoms with van der Waals surface area (Å²) in [5, 5.41) is 11.1. The van der Waals surface area contributed by atoms with Crippen LogP contribution in [-0.2, 0) is 7.05 Å². The zero-order valence-electron chi connectivity index (χ0n) is 9.90. The van der Waals surface area contributed by atoms with Crippen LogP contribution in [0.4, 0.5) is 0 Å². The lowest BCUT2D eigenvalue weighted by molar-refractivity contribution is 0.0691. The van der Waals surface area contributed by atoms with Crippen molar-refractivity contribution in [3.8, 4) is 22.2 Å². The van der Waals surface area contributed by atoms with Gasteiger partial charge in [-0.15, -0.1) is 11.3 Å². The Morgan fingerprint density at radius 3 is 2.95 bits per heavy atom. The van der Waals surface area contributed by atoms with E-state index in [0.29, 0.717) is 11.6 Å². The Hall–Kier alpha value is -2.41. The minimum Gasteiger partial charge on any atom is -0.476 e. The molecule has 3 aromatic rings. The number of nitrogens with zero attached hydrogens (tertiary/aromatic N) is 3. The van der Waals surface area contributed by atoms with Crippen molar-refractivity contribution in [2.45, 2.75) is 0 Å². The average Bonchev–Trinajstić information content (AvgIpc) is 3.07.